The van der Waals surface area contributed by atoms with Gasteiger partial charge < -0.3 is 20.9 Å². The molecule has 7 heteroatoms. The number of nitrogens with zero attached hydrogens (tertiary/aromatic N) is 3. The number of amides is 2. The Morgan fingerprint density at radius 3 is 2.84 bits per heavy atom. The largest absolute Gasteiger partial charge is 0.382 e. The van der Waals surface area contributed by atoms with E-state index in [0.29, 0.717) is 18.9 Å². The molecule has 0 bridgehead atoms. The molecule has 2 heterocycles. The van der Waals surface area contributed by atoms with E-state index in [9.17, 15) is 4.79 Å². The number of aryl methyl sites for hydroxylation is 1. The van der Waals surface area contributed by atoms with Crippen LogP contribution in [0.5, 0.6) is 0 Å². The minimum absolute atomic E-state index is 0.0974. The maximum atomic E-state index is 11.5. The number of carbonyl (C=O) groups is 1. The number of unbranched alkanes of at least 4 members (excludes halogenated alkanes) is 1. The number of hydrogen-bond donors (Lipinski definition) is 3. The molecule has 25 heavy (non-hydrogen) atoms. The van der Waals surface area contributed by atoms with Crippen molar-refractivity contribution in [3.8, 4) is 0 Å². The molecule has 0 aliphatic rings. The second-order valence-corrected chi connectivity index (χ2v) is 6.04. The van der Waals surface area contributed by atoms with Gasteiger partial charge in [0.25, 0.3) is 0 Å². The maximum Gasteiger partial charge on any atom is 0.314 e. The number of hydrogen-bond acceptors (Lipinski definition) is 4. The van der Waals surface area contributed by atoms with Crippen molar-refractivity contribution in [2.24, 2.45) is 0 Å². The van der Waals surface area contributed by atoms with Gasteiger partial charge in [-0.05, 0) is 25.3 Å². The van der Waals surface area contributed by atoms with Crippen molar-refractivity contribution < 1.29 is 4.79 Å². The lowest BCUT2D eigenvalue weighted by Gasteiger charge is -2.09. The van der Waals surface area contributed by atoms with Crippen LogP contribution in [0.25, 0.3) is 21.9 Å². The summed E-state index contributed by atoms with van der Waals surface area (Å²) >= 11 is 0. The molecule has 1 aromatic carbocycles. The van der Waals surface area contributed by atoms with Gasteiger partial charge in [0, 0.05) is 25.0 Å². The lowest BCUT2D eigenvalue weighted by atomic mass is 10.2. The number of aromatic nitrogens is 3. The van der Waals surface area contributed by atoms with Crippen molar-refractivity contribution >= 4 is 33.8 Å². The zero-order chi connectivity index (χ0) is 17.6. The number of carbonyl (C=O) groups excluding carboxylic acids is 1. The first-order valence-corrected chi connectivity index (χ1v) is 8.71. The Hall–Kier alpha value is -2.83. The maximum absolute atomic E-state index is 11.5. The smallest absolute Gasteiger partial charge is 0.314 e. The van der Waals surface area contributed by atoms with E-state index in [2.05, 4.69) is 25.2 Å². The number of imidazole rings is 1. The van der Waals surface area contributed by atoms with Crippen molar-refractivity contribution in [1.29, 1.82) is 0 Å². The summed E-state index contributed by atoms with van der Waals surface area (Å²) in [5.74, 6) is 0.460. The van der Waals surface area contributed by atoms with E-state index in [1.807, 2.05) is 37.5 Å². The molecule has 2 amide bonds. The average molecular weight is 340 g/mol. The number of nitrogens with two attached hydrogens (primary N) is 1. The van der Waals surface area contributed by atoms with Gasteiger partial charge in [-0.25, -0.2) is 14.8 Å². The van der Waals surface area contributed by atoms with Crippen LogP contribution < -0.4 is 16.4 Å². The Morgan fingerprint density at radius 2 is 2.00 bits per heavy atom. The molecule has 4 N–H and O–H groups in total. The van der Waals surface area contributed by atoms with E-state index >= 15 is 0 Å². The summed E-state index contributed by atoms with van der Waals surface area (Å²) in [7, 11) is 0. The minimum atomic E-state index is -0.0974. The van der Waals surface area contributed by atoms with E-state index in [1.165, 1.54) is 0 Å². The molecule has 0 spiro atoms. The van der Waals surface area contributed by atoms with Gasteiger partial charge in [-0.15, -0.1) is 0 Å². The molecule has 132 valence electrons. The summed E-state index contributed by atoms with van der Waals surface area (Å²) in [4.78, 5) is 20.3. The van der Waals surface area contributed by atoms with Crippen LogP contribution in [0.3, 0.4) is 0 Å². The topological polar surface area (TPSA) is 97.9 Å². The predicted octanol–water partition coefficient (Wildman–Crippen LogP) is 2.66. The molecule has 0 radical (unpaired) electrons. The van der Waals surface area contributed by atoms with Crippen molar-refractivity contribution in [3.63, 3.8) is 0 Å². The van der Waals surface area contributed by atoms with Gasteiger partial charge in [0.05, 0.1) is 17.4 Å². The van der Waals surface area contributed by atoms with Crippen molar-refractivity contribution in [2.45, 2.75) is 32.7 Å². The number of rotatable bonds is 7. The quantitative estimate of drug-likeness (QED) is 0.576. The van der Waals surface area contributed by atoms with Crippen molar-refractivity contribution in [3.05, 3.63) is 30.6 Å². The van der Waals surface area contributed by atoms with E-state index in [0.717, 1.165) is 47.7 Å². The van der Waals surface area contributed by atoms with Gasteiger partial charge in [0.15, 0.2) is 5.82 Å². The Kier molecular flexibility index (Phi) is 5.33. The minimum Gasteiger partial charge on any atom is -0.382 e. The number of urea groups is 1. The predicted molar refractivity (Wildman–Crippen MR) is 100 cm³/mol. The third kappa shape index (κ3) is 3.81. The first-order chi connectivity index (χ1) is 12.2. The van der Waals surface area contributed by atoms with Gasteiger partial charge in [-0.2, -0.15) is 0 Å². The highest BCUT2D eigenvalue weighted by Gasteiger charge is 2.11. The molecule has 3 aromatic rings. The van der Waals surface area contributed by atoms with E-state index in [-0.39, 0.29) is 6.03 Å². The summed E-state index contributed by atoms with van der Waals surface area (Å²) in [5.41, 5.74) is 8.69. The highest BCUT2D eigenvalue weighted by Crippen LogP contribution is 2.27. The fourth-order valence-electron chi connectivity index (χ4n) is 2.89. The monoisotopic (exact) mass is 340 g/mol. The number of para-hydroxylation sites is 1. The number of nitrogen functional groups attached to an aromatic ring is 1. The Balaban J connectivity index is 1.64. The average Bonchev–Trinajstić information content (AvgIpc) is 3.05. The van der Waals surface area contributed by atoms with Crippen molar-refractivity contribution in [2.75, 3.05) is 18.8 Å². The van der Waals surface area contributed by atoms with Crippen LogP contribution in [0.15, 0.2) is 30.6 Å². The molecule has 0 fully saturated rings. The van der Waals surface area contributed by atoms with Gasteiger partial charge in [0.1, 0.15) is 5.52 Å². The highest BCUT2D eigenvalue weighted by atomic mass is 16.2. The second-order valence-electron chi connectivity index (χ2n) is 6.04. The normalized spacial score (nSPS) is 11.1. The van der Waals surface area contributed by atoms with E-state index in [4.69, 9.17) is 5.73 Å². The SMILES string of the molecule is CCCNC(=O)NCCCCn1cnc2c(N)nc3ccccc3c21. The van der Waals surface area contributed by atoms with Crippen LogP contribution in [0.1, 0.15) is 26.2 Å². The van der Waals surface area contributed by atoms with Crippen molar-refractivity contribution in [1.82, 2.24) is 25.2 Å². The number of benzene rings is 1. The number of pyridine rings is 1. The third-order valence-corrected chi connectivity index (χ3v) is 4.13. The summed E-state index contributed by atoms with van der Waals surface area (Å²) < 4.78 is 2.12. The van der Waals surface area contributed by atoms with Gasteiger partial charge in [-0.1, -0.05) is 25.1 Å². The Labute approximate surface area is 146 Å². The fourth-order valence-corrected chi connectivity index (χ4v) is 2.89. The summed E-state index contributed by atoms with van der Waals surface area (Å²) in [6.07, 6.45) is 4.59. The molecule has 0 unspecified atom stereocenters. The Bertz CT molecular complexity index is 873. The van der Waals surface area contributed by atoms with Crippen LogP contribution in [0.2, 0.25) is 0 Å². The van der Waals surface area contributed by atoms with Gasteiger partial charge in [0.2, 0.25) is 0 Å². The molecule has 0 saturated carbocycles. The van der Waals surface area contributed by atoms with Crippen LogP contribution >= 0.6 is 0 Å². The van der Waals surface area contributed by atoms with Gasteiger partial charge in [-0.3, -0.25) is 0 Å². The molecular weight excluding hydrogens is 316 g/mol. The van der Waals surface area contributed by atoms with Gasteiger partial charge >= 0.3 is 6.03 Å². The lowest BCUT2D eigenvalue weighted by molar-refractivity contribution is 0.240. The molecule has 0 saturated heterocycles. The zero-order valence-electron chi connectivity index (χ0n) is 14.5. The van der Waals surface area contributed by atoms with Crippen LogP contribution in [0, 0.1) is 0 Å². The number of nitrogens with one attached hydrogen (secondary N) is 2. The van der Waals surface area contributed by atoms with E-state index < -0.39 is 0 Å². The van der Waals surface area contributed by atoms with Crippen LogP contribution in [-0.2, 0) is 6.54 Å². The molecule has 3 rings (SSSR count). The molecule has 2 aromatic heterocycles. The number of fused-ring (bicyclic) bond motifs is 3. The molecule has 0 aliphatic carbocycles. The van der Waals surface area contributed by atoms with Crippen LogP contribution in [-0.4, -0.2) is 33.7 Å². The zero-order valence-corrected chi connectivity index (χ0v) is 14.5. The first-order valence-electron chi connectivity index (χ1n) is 8.71. The Morgan fingerprint density at radius 1 is 1.20 bits per heavy atom. The third-order valence-electron chi connectivity index (χ3n) is 4.13. The molecule has 0 aliphatic heterocycles. The molecule has 7 nitrogen and oxygen atoms in total. The van der Waals surface area contributed by atoms with E-state index in [1.54, 1.807) is 0 Å². The second kappa shape index (κ2) is 7.83. The molecular formula is C18H24N6O. The number of anilines is 1. The first kappa shape index (κ1) is 17.0. The summed E-state index contributed by atoms with van der Waals surface area (Å²) in [5, 5.41) is 6.73. The highest BCUT2D eigenvalue weighted by molar-refractivity contribution is 6.06. The summed E-state index contributed by atoms with van der Waals surface area (Å²) in [6.45, 7) is 4.21. The standard InChI is InChI=1S/C18H24N6O/c1-2-9-20-18(25)21-10-5-6-11-24-12-22-15-16(24)13-7-3-4-8-14(13)23-17(15)19/h3-4,7-8,12H,2,5-6,9-11H2,1H3,(H2,19,23)(H2,20,21,25). The lowest BCUT2D eigenvalue weighted by Crippen LogP contribution is -2.36. The molecule has 0 atom stereocenters. The fraction of sp³-hybridized carbons (Fsp3) is 0.389. The summed E-state index contributed by atoms with van der Waals surface area (Å²) in [6, 6.07) is 7.86. The van der Waals surface area contributed by atoms with Crippen LogP contribution in [0.4, 0.5) is 10.6 Å².